The lowest BCUT2D eigenvalue weighted by Crippen LogP contribution is -2.41. The summed E-state index contributed by atoms with van der Waals surface area (Å²) in [6, 6.07) is 26.4. The van der Waals surface area contributed by atoms with Crippen molar-refractivity contribution in [1.82, 2.24) is 14.9 Å². The van der Waals surface area contributed by atoms with Crippen LogP contribution in [0, 0.1) is 0 Å². The minimum atomic E-state index is -0.479. The van der Waals surface area contributed by atoms with Gasteiger partial charge in [0.15, 0.2) is 5.82 Å². The van der Waals surface area contributed by atoms with Crippen molar-refractivity contribution in [2.24, 2.45) is 0 Å². The fourth-order valence-corrected chi connectivity index (χ4v) is 4.78. The normalized spacial score (nSPS) is 16.7. The van der Waals surface area contributed by atoms with Crippen molar-refractivity contribution in [1.29, 1.82) is 0 Å². The number of carbonyl (C=O) groups is 1. The summed E-state index contributed by atoms with van der Waals surface area (Å²) in [7, 11) is 1.60. The van der Waals surface area contributed by atoms with Crippen LogP contribution in [0.3, 0.4) is 0 Å². The first kappa shape index (κ1) is 21.8. The topological polar surface area (TPSA) is 90.3 Å². The smallest absolute Gasteiger partial charge is 0.240 e. The van der Waals surface area contributed by atoms with Gasteiger partial charge in [0.1, 0.15) is 23.4 Å². The standard InChI is InChI=1S/C25H23N5O3S/c1-32-20-14-8-11-18(15-20)26-24(31)23-22(17-9-4-2-5-10-17)29-30-21(27-28-25(30)34-23)16-33-19-12-6-3-7-13-19/h2-15,22-23,29H,16H2,1H3,(H,26,31)/t22-,23-/m0/s1. The summed E-state index contributed by atoms with van der Waals surface area (Å²) < 4.78 is 12.9. The summed E-state index contributed by atoms with van der Waals surface area (Å²) in [5.41, 5.74) is 5.09. The van der Waals surface area contributed by atoms with Gasteiger partial charge in [-0.25, -0.2) is 4.68 Å². The van der Waals surface area contributed by atoms with Crippen LogP contribution in [-0.2, 0) is 11.4 Å². The molecule has 2 heterocycles. The molecule has 5 rings (SSSR count). The van der Waals surface area contributed by atoms with E-state index >= 15 is 0 Å². The van der Waals surface area contributed by atoms with Crippen molar-refractivity contribution in [3.05, 3.63) is 96.3 Å². The van der Waals surface area contributed by atoms with Gasteiger partial charge in [-0.1, -0.05) is 66.4 Å². The number of ether oxygens (including phenoxy) is 2. The molecule has 172 valence electrons. The molecule has 4 aromatic rings. The second-order valence-electron chi connectivity index (χ2n) is 7.61. The molecule has 34 heavy (non-hydrogen) atoms. The van der Waals surface area contributed by atoms with E-state index in [1.54, 1.807) is 17.9 Å². The van der Waals surface area contributed by atoms with Crippen LogP contribution in [0.25, 0.3) is 0 Å². The van der Waals surface area contributed by atoms with Crippen LogP contribution < -0.4 is 20.2 Å². The van der Waals surface area contributed by atoms with Gasteiger partial charge in [-0.3, -0.25) is 4.79 Å². The maximum absolute atomic E-state index is 13.4. The van der Waals surface area contributed by atoms with Gasteiger partial charge < -0.3 is 20.2 Å². The van der Waals surface area contributed by atoms with Gasteiger partial charge in [0.2, 0.25) is 11.1 Å². The minimum absolute atomic E-state index is 0.143. The van der Waals surface area contributed by atoms with Gasteiger partial charge in [0.05, 0.1) is 13.2 Å². The number of para-hydroxylation sites is 1. The molecule has 1 aromatic heterocycles. The number of anilines is 1. The number of thioether (sulfide) groups is 1. The molecular formula is C25H23N5O3S. The predicted octanol–water partition coefficient (Wildman–Crippen LogP) is 4.26. The van der Waals surface area contributed by atoms with E-state index in [-0.39, 0.29) is 18.6 Å². The Kier molecular flexibility index (Phi) is 6.35. The predicted molar refractivity (Wildman–Crippen MR) is 131 cm³/mol. The second-order valence-corrected chi connectivity index (χ2v) is 8.72. The van der Waals surface area contributed by atoms with Crippen molar-refractivity contribution in [2.45, 2.75) is 23.1 Å². The fourth-order valence-electron chi connectivity index (χ4n) is 3.68. The van der Waals surface area contributed by atoms with Crippen molar-refractivity contribution in [3.63, 3.8) is 0 Å². The summed E-state index contributed by atoms with van der Waals surface area (Å²) in [6.45, 7) is 0.243. The van der Waals surface area contributed by atoms with E-state index in [1.165, 1.54) is 11.8 Å². The maximum atomic E-state index is 13.4. The van der Waals surface area contributed by atoms with E-state index in [9.17, 15) is 4.79 Å². The Balaban J connectivity index is 1.40. The lowest BCUT2D eigenvalue weighted by molar-refractivity contribution is -0.116. The van der Waals surface area contributed by atoms with Crippen LogP contribution in [0.5, 0.6) is 11.5 Å². The Labute approximate surface area is 201 Å². The summed E-state index contributed by atoms with van der Waals surface area (Å²) in [5.74, 6) is 1.91. The van der Waals surface area contributed by atoms with Crippen LogP contribution in [0.4, 0.5) is 5.69 Å². The van der Waals surface area contributed by atoms with Gasteiger partial charge in [-0.2, -0.15) is 0 Å². The number of nitrogens with zero attached hydrogens (tertiary/aromatic N) is 3. The molecule has 2 atom stereocenters. The lowest BCUT2D eigenvalue weighted by atomic mass is 10.0. The maximum Gasteiger partial charge on any atom is 0.240 e. The Morgan fingerprint density at radius 1 is 1.00 bits per heavy atom. The quantitative estimate of drug-likeness (QED) is 0.414. The Bertz CT molecular complexity index is 1270. The van der Waals surface area contributed by atoms with Gasteiger partial charge in [-0.05, 0) is 29.8 Å². The van der Waals surface area contributed by atoms with Gasteiger partial charge in [-0.15, -0.1) is 10.2 Å². The summed E-state index contributed by atoms with van der Waals surface area (Å²) >= 11 is 1.37. The zero-order valence-electron chi connectivity index (χ0n) is 18.4. The van der Waals surface area contributed by atoms with Crippen molar-refractivity contribution >= 4 is 23.4 Å². The molecule has 1 amide bonds. The molecule has 0 unspecified atom stereocenters. The summed E-state index contributed by atoms with van der Waals surface area (Å²) in [6.07, 6.45) is 0. The van der Waals surface area contributed by atoms with E-state index in [1.807, 2.05) is 78.9 Å². The Morgan fingerprint density at radius 3 is 2.50 bits per heavy atom. The highest BCUT2D eigenvalue weighted by Crippen LogP contribution is 2.37. The molecular weight excluding hydrogens is 450 g/mol. The Hall–Kier alpha value is -3.98. The van der Waals surface area contributed by atoms with E-state index in [0.717, 1.165) is 11.3 Å². The number of hydrogen-bond acceptors (Lipinski definition) is 7. The first-order valence-electron chi connectivity index (χ1n) is 10.8. The lowest BCUT2D eigenvalue weighted by Gasteiger charge is -2.33. The van der Waals surface area contributed by atoms with Crippen molar-refractivity contribution < 1.29 is 14.3 Å². The third-order valence-electron chi connectivity index (χ3n) is 5.37. The molecule has 0 spiro atoms. The molecule has 0 bridgehead atoms. The largest absolute Gasteiger partial charge is 0.497 e. The van der Waals surface area contributed by atoms with E-state index in [4.69, 9.17) is 9.47 Å². The highest BCUT2D eigenvalue weighted by atomic mass is 32.2. The number of hydrogen-bond donors (Lipinski definition) is 2. The molecule has 0 aliphatic carbocycles. The first-order chi connectivity index (χ1) is 16.7. The monoisotopic (exact) mass is 473 g/mol. The molecule has 2 N–H and O–H groups in total. The van der Waals surface area contributed by atoms with Crippen LogP contribution >= 0.6 is 11.8 Å². The number of benzene rings is 3. The van der Waals surface area contributed by atoms with Gasteiger partial charge in [0.25, 0.3) is 0 Å². The molecule has 8 nitrogen and oxygen atoms in total. The van der Waals surface area contributed by atoms with Crippen LogP contribution in [-0.4, -0.2) is 33.1 Å². The van der Waals surface area contributed by atoms with Crippen LogP contribution in [0.2, 0.25) is 0 Å². The Morgan fingerprint density at radius 2 is 1.74 bits per heavy atom. The second kappa shape index (κ2) is 9.88. The number of carbonyl (C=O) groups excluding carboxylic acids is 1. The average Bonchev–Trinajstić information content (AvgIpc) is 3.30. The van der Waals surface area contributed by atoms with Gasteiger partial charge in [0, 0.05) is 11.8 Å². The van der Waals surface area contributed by atoms with E-state index in [0.29, 0.717) is 22.4 Å². The number of aromatic nitrogens is 3. The number of rotatable bonds is 7. The molecule has 9 heteroatoms. The third-order valence-corrected chi connectivity index (χ3v) is 6.58. The van der Waals surface area contributed by atoms with E-state index < -0.39 is 5.25 Å². The minimum Gasteiger partial charge on any atom is -0.497 e. The number of amides is 1. The molecule has 0 saturated carbocycles. The van der Waals surface area contributed by atoms with E-state index in [2.05, 4.69) is 20.9 Å². The molecule has 0 radical (unpaired) electrons. The molecule has 1 aliphatic heterocycles. The van der Waals surface area contributed by atoms with Crippen LogP contribution in [0.15, 0.2) is 90.1 Å². The number of nitrogens with one attached hydrogen (secondary N) is 2. The summed E-state index contributed by atoms with van der Waals surface area (Å²) in [5, 5.41) is 11.7. The fraction of sp³-hybridized carbons (Fsp3) is 0.160. The number of fused-ring (bicyclic) bond motifs is 1. The highest BCUT2D eigenvalue weighted by molar-refractivity contribution is 8.00. The van der Waals surface area contributed by atoms with Crippen molar-refractivity contribution in [2.75, 3.05) is 17.9 Å². The summed E-state index contributed by atoms with van der Waals surface area (Å²) in [4.78, 5) is 13.4. The molecule has 0 fully saturated rings. The molecule has 1 aliphatic rings. The molecule has 0 saturated heterocycles. The zero-order valence-corrected chi connectivity index (χ0v) is 19.2. The van der Waals surface area contributed by atoms with Crippen molar-refractivity contribution in [3.8, 4) is 11.5 Å². The highest BCUT2D eigenvalue weighted by Gasteiger charge is 2.38. The van der Waals surface area contributed by atoms with Crippen LogP contribution in [0.1, 0.15) is 17.4 Å². The number of methoxy groups -OCH3 is 1. The third kappa shape index (κ3) is 4.69. The first-order valence-corrected chi connectivity index (χ1v) is 11.6. The zero-order chi connectivity index (χ0) is 23.3. The SMILES string of the molecule is COc1cccc(NC(=O)[C@H]2Sc3nnc(COc4ccccc4)n3N[C@H]2c2ccccc2)c1. The molecule has 3 aromatic carbocycles. The van der Waals surface area contributed by atoms with Gasteiger partial charge >= 0.3 is 0 Å². The average molecular weight is 474 g/mol.